The van der Waals surface area contributed by atoms with Gasteiger partial charge in [0.2, 0.25) is 5.88 Å². The van der Waals surface area contributed by atoms with Crippen LogP contribution in [-0.4, -0.2) is 36.4 Å². The van der Waals surface area contributed by atoms with E-state index in [2.05, 4.69) is 40.4 Å². The van der Waals surface area contributed by atoms with Gasteiger partial charge in [-0.05, 0) is 69.0 Å². The van der Waals surface area contributed by atoms with E-state index in [1.54, 1.807) is 30.5 Å². The minimum absolute atomic E-state index is 0.107. The Labute approximate surface area is 200 Å². The minimum Gasteiger partial charge on any atom is -0.439 e. The van der Waals surface area contributed by atoms with E-state index < -0.39 is 15.9 Å². The van der Waals surface area contributed by atoms with Gasteiger partial charge in [-0.2, -0.15) is 13.4 Å². The summed E-state index contributed by atoms with van der Waals surface area (Å²) in [5.41, 5.74) is 0.974. The van der Waals surface area contributed by atoms with Crippen LogP contribution in [0, 0.1) is 12.8 Å². The fourth-order valence-corrected chi connectivity index (χ4v) is 4.96. The van der Waals surface area contributed by atoms with Crippen LogP contribution in [0.4, 0.5) is 5.82 Å². The molecular weight excluding hydrogens is 452 g/mol. The molecule has 1 saturated heterocycles. The van der Waals surface area contributed by atoms with Crippen LogP contribution in [0.15, 0.2) is 65.8 Å². The molecular formula is C25H28N4O4S. The molecule has 2 aromatic heterocycles. The number of sulfonamides is 1. The zero-order chi connectivity index (χ0) is 24.5. The second-order valence-electron chi connectivity index (χ2n) is 9.04. The van der Waals surface area contributed by atoms with Crippen LogP contribution in [0.25, 0.3) is 0 Å². The SMILES string of the molecule is Cc1cccc(Oc2cccc(S(=O)(=O)NC(=O)c3cccnc3N3CCC(C)C3(C)C)n2)c1. The molecule has 0 aliphatic carbocycles. The normalized spacial score (nSPS) is 17.4. The molecule has 9 heteroatoms. The first kappa shape index (κ1) is 23.7. The molecule has 8 nitrogen and oxygen atoms in total. The highest BCUT2D eigenvalue weighted by molar-refractivity contribution is 7.90. The molecule has 0 radical (unpaired) electrons. The number of anilines is 1. The zero-order valence-electron chi connectivity index (χ0n) is 19.6. The van der Waals surface area contributed by atoms with Gasteiger partial charge in [0, 0.05) is 24.3 Å². The molecule has 3 heterocycles. The lowest BCUT2D eigenvalue weighted by Gasteiger charge is -2.36. The molecule has 0 saturated carbocycles. The van der Waals surface area contributed by atoms with Crippen LogP contribution in [-0.2, 0) is 10.0 Å². The Kier molecular flexibility index (Phi) is 6.31. The van der Waals surface area contributed by atoms with Gasteiger partial charge in [0.1, 0.15) is 11.6 Å². The van der Waals surface area contributed by atoms with Crippen molar-refractivity contribution >= 4 is 21.7 Å². The molecule has 4 rings (SSSR count). The fourth-order valence-electron chi connectivity index (χ4n) is 4.03. The van der Waals surface area contributed by atoms with Crippen molar-refractivity contribution in [1.29, 1.82) is 0 Å². The maximum absolute atomic E-state index is 13.1. The van der Waals surface area contributed by atoms with Gasteiger partial charge in [0.05, 0.1) is 5.56 Å². The summed E-state index contributed by atoms with van der Waals surface area (Å²) in [6.07, 6.45) is 2.56. The Morgan fingerprint density at radius 1 is 1.15 bits per heavy atom. The fraction of sp³-hybridized carbons (Fsp3) is 0.320. The Bertz CT molecular complexity index is 1320. The second-order valence-corrected chi connectivity index (χ2v) is 10.7. The standard InChI is InChI=1S/C25H28N4O4S/c1-17-8-5-9-19(16-17)33-21-11-6-12-22(27-21)34(31,32)28-24(30)20-10-7-14-26-23(20)29-15-13-18(2)25(29,3)4/h5-12,14,16,18H,13,15H2,1-4H3,(H,28,30). The first-order chi connectivity index (χ1) is 16.1. The van der Waals surface area contributed by atoms with Crippen LogP contribution in [0.3, 0.4) is 0 Å². The first-order valence-corrected chi connectivity index (χ1v) is 12.6. The molecule has 1 aromatic carbocycles. The molecule has 1 fully saturated rings. The molecule has 1 amide bonds. The third-order valence-corrected chi connectivity index (χ3v) is 7.62. The van der Waals surface area contributed by atoms with E-state index in [1.165, 1.54) is 12.1 Å². The van der Waals surface area contributed by atoms with Crippen LogP contribution in [0.2, 0.25) is 0 Å². The number of hydrogen-bond donors (Lipinski definition) is 1. The lowest BCUT2D eigenvalue weighted by atomic mass is 9.90. The summed E-state index contributed by atoms with van der Waals surface area (Å²) in [6.45, 7) is 9.01. The van der Waals surface area contributed by atoms with Gasteiger partial charge in [0.25, 0.3) is 15.9 Å². The van der Waals surface area contributed by atoms with E-state index in [9.17, 15) is 13.2 Å². The lowest BCUT2D eigenvalue weighted by molar-refractivity contribution is 0.0981. The van der Waals surface area contributed by atoms with E-state index >= 15 is 0 Å². The number of aryl methyl sites for hydroxylation is 1. The maximum atomic E-state index is 13.1. The Morgan fingerprint density at radius 3 is 2.62 bits per heavy atom. The van der Waals surface area contributed by atoms with Crippen molar-refractivity contribution in [3.05, 3.63) is 71.9 Å². The molecule has 3 aromatic rings. The summed E-state index contributed by atoms with van der Waals surface area (Å²) >= 11 is 0. The monoisotopic (exact) mass is 480 g/mol. The summed E-state index contributed by atoms with van der Waals surface area (Å²) in [5, 5.41) is -0.313. The number of nitrogens with zero attached hydrogens (tertiary/aromatic N) is 3. The quantitative estimate of drug-likeness (QED) is 0.561. The van der Waals surface area contributed by atoms with E-state index in [0.29, 0.717) is 17.5 Å². The first-order valence-electron chi connectivity index (χ1n) is 11.1. The van der Waals surface area contributed by atoms with Crippen molar-refractivity contribution in [3.8, 4) is 11.6 Å². The van der Waals surface area contributed by atoms with Crippen molar-refractivity contribution in [2.45, 2.75) is 44.7 Å². The highest BCUT2D eigenvalue weighted by Crippen LogP contribution is 2.38. The molecule has 0 spiro atoms. The Morgan fingerprint density at radius 2 is 1.91 bits per heavy atom. The number of amides is 1. The van der Waals surface area contributed by atoms with Crippen molar-refractivity contribution in [1.82, 2.24) is 14.7 Å². The molecule has 1 unspecified atom stereocenters. The predicted octanol–water partition coefficient (Wildman–Crippen LogP) is 4.32. The Hall–Kier alpha value is -3.46. The topological polar surface area (TPSA) is 101 Å². The smallest absolute Gasteiger partial charge is 0.281 e. The van der Waals surface area contributed by atoms with E-state index in [0.717, 1.165) is 18.5 Å². The van der Waals surface area contributed by atoms with E-state index in [4.69, 9.17) is 4.74 Å². The van der Waals surface area contributed by atoms with Crippen LogP contribution in [0.5, 0.6) is 11.6 Å². The number of pyridine rings is 2. The highest BCUT2D eigenvalue weighted by atomic mass is 32.2. The molecule has 1 atom stereocenters. The number of rotatable bonds is 6. The third-order valence-electron chi connectivity index (χ3n) is 6.39. The summed E-state index contributed by atoms with van der Waals surface area (Å²) < 4.78 is 33.8. The number of hydrogen-bond acceptors (Lipinski definition) is 7. The van der Waals surface area contributed by atoms with Crippen molar-refractivity contribution < 1.29 is 17.9 Å². The molecule has 1 aliphatic heterocycles. The molecule has 1 N–H and O–H groups in total. The van der Waals surface area contributed by atoms with Crippen molar-refractivity contribution in [2.24, 2.45) is 5.92 Å². The van der Waals surface area contributed by atoms with Gasteiger partial charge < -0.3 is 9.64 Å². The van der Waals surface area contributed by atoms with Crippen LogP contribution in [0.1, 0.15) is 43.1 Å². The van der Waals surface area contributed by atoms with E-state index in [-0.39, 0.29) is 22.0 Å². The number of carbonyl (C=O) groups is 1. The molecule has 0 bridgehead atoms. The Balaban J connectivity index is 1.58. The average Bonchev–Trinajstić information content (AvgIpc) is 3.06. The summed E-state index contributed by atoms with van der Waals surface area (Å²) in [6, 6.07) is 14.9. The second kappa shape index (κ2) is 9.06. The predicted molar refractivity (Wildman–Crippen MR) is 130 cm³/mol. The molecule has 34 heavy (non-hydrogen) atoms. The van der Waals surface area contributed by atoms with Gasteiger partial charge in [-0.3, -0.25) is 4.79 Å². The van der Waals surface area contributed by atoms with E-state index in [1.807, 2.05) is 25.1 Å². The maximum Gasteiger partial charge on any atom is 0.281 e. The number of aromatic nitrogens is 2. The van der Waals surface area contributed by atoms with Gasteiger partial charge in [-0.15, -0.1) is 0 Å². The number of ether oxygens (including phenoxy) is 1. The highest BCUT2D eigenvalue weighted by Gasteiger charge is 2.40. The average molecular weight is 481 g/mol. The van der Waals surface area contributed by atoms with Gasteiger partial charge in [-0.25, -0.2) is 9.71 Å². The van der Waals surface area contributed by atoms with Gasteiger partial charge in [0.15, 0.2) is 5.03 Å². The number of nitrogens with one attached hydrogen (secondary N) is 1. The number of carbonyl (C=O) groups excluding carboxylic acids is 1. The van der Waals surface area contributed by atoms with Crippen LogP contribution >= 0.6 is 0 Å². The van der Waals surface area contributed by atoms with Crippen molar-refractivity contribution in [3.63, 3.8) is 0 Å². The minimum atomic E-state index is -4.25. The third kappa shape index (κ3) is 4.75. The summed E-state index contributed by atoms with van der Waals surface area (Å²) in [4.78, 5) is 23.7. The van der Waals surface area contributed by atoms with Gasteiger partial charge >= 0.3 is 0 Å². The molecule has 178 valence electrons. The van der Waals surface area contributed by atoms with Crippen LogP contribution < -0.4 is 14.4 Å². The zero-order valence-corrected chi connectivity index (χ0v) is 20.5. The lowest BCUT2D eigenvalue weighted by Crippen LogP contribution is -2.43. The van der Waals surface area contributed by atoms with Gasteiger partial charge in [-0.1, -0.05) is 25.1 Å². The summed E-state index contributed by atoms with van der Waals surface area (Å²) in [5.74, 6) is 0.748. The number of benzene rings is 1. The van der Waals surface area contributed by atoms with Crippen molar-refractivity contribution in [2.75, 3.05) is 11.4 Å². The summed E-state index contributed by atoms with van der Waals surface area (Å²) in [7, 11) is -4.25. The largest absolute Gasteiger partial charge is 0.439 e. The molecule has 1 aliphatic rings.